The topological polar surface area (TPSA) is 58.6 Å². The molecule has 2 heterocycles. The van der Waals surface area contributed by atoms with Crippen LogP contribution in [0.1, 0.15) is 23.4 Å². The Hall–Kier alpha value is -2.74. The number of rotatable bonds is 5. The number of urea groups is 1. The number of carbonyl (C=O) groups is 2. The third kappa shape index (κ3) is 3.85. The van der Waals surface area contributed by atoms with Gasteiger partial charge in [-0.25, -0.2) is 18.4 Å². The highest BCUT2D eigenvalue weighted by atomic mass is 32.1. The molecule has 142 valence electrons. The first-order valence-electron chi connectivity index (χ1n) is 8.26. The molecule has 3 rings (SSSR count). The summed E-state index contributed by atoms with van der Waals surface area (Å²) >= 11 is 1.58. The van der Waals surface area contributed by atoms with E-state index < -0.39 is 29.7 Å². The van der Waals surface area contributed by atoms with Crippen molar-refractivity contribution in [3.8, 4) is 0 Å². The van der Waals surface area contributed by atoms with Gasteiger partial charge in [0.1, 0.15) is 11.6 Å². The molecule has 1 atom stereocenters. The minimum Gasteiger partial charge on any atom is -0.466 e. The van der Waals surface area contributed by atoms with Gasteiger partial charge in [-0.15, -0.1) is 11.3 Å². The summed E-state index contributed by atoms with van der Waals surface area (Å²) in [5, 5.41) is 4.58. The van der Waals surface area contributed by atoms with Gasteiger partial charge in [-0.1, -0.05) is 12.1 Å². The van der Waals surface area contributed by atoms with Crippen molar-refractivity contribution in [2.45, 2.75) is 19.4 Å². The standard InChI is InChI=1S/C19H18F2N2O3S/c1-11-16(18(24)26-2)17(14-6-5-12(20)10-15(14)21)22-19(25)23(11)8-7-13-4-3-9-27-13/h3-6,9-10,17H,7-8H2,1-2H3,(H,22,25)/t17-/m1/s1. The van der Waals surface area contributed by atoms with Crippen molar-refractivity contribution in [3.05, 3.63) is 69.1 Å². The van der Waals surface area contributed by atoms with Gasteiger partial charge in [0.25, 0.3) is 0 Å². The lowest BCUT2D eigenvalue weighted by atomic mass is 9.94. The predicted molar refractivity (Wildman–Crippen MR) is 97.1 cm³/mol. The number of halogens is 2. The Balaban J connectivity index is 1.98. The van der Waals surface area contributed by atoms with Gasteiger partial charge in [-0.05, 0) is 30.9 Å². The van der Waals surface area contributed by atoms with Crippen LogP contribution in [0.4, 0.5) is 13.6 Å². The minimum absolute atomic E-state index is 0.00223. The second kappa shape index (κ2) is 7.87. The lowest BCUT2D eigenvalue weighted by Gasteiger charge is -2.35. The molecular weight excluding hydrogens is 374 g/mol. The van der Waals surface area contributed by atoms with Gasteiger partial charge in [-0.2, -0.15) is 0 Å². The van der Waals surface area contributed by atoms with E-state index in [0.29, 0.717) is 18.7 Å². The van der Waals surface area contributed by atoms with Gasteiger partial charge in [0.15, 0.2) is 0 Å². The average molecular weight is 392 g/mol. The number of hydrogen-bond acceptors (Lipinski definition) is 4. The SMILES string of the molecule is COC(=O)C1=C(C)N(CCc2cccs2)C(=O)N[C@@H]1c1ccc(F)cc1F. The molecule has 0 unspecified atom stereocenters. The molecule has 0 radical (unpaired) electrons. The van der Waals surface area contributed by atoms with Crippen LogP contribution in [0.2, 0.25) is 0 Å². The Bertz CT molecular complexity index is 896. The summed E-state index contributed by atoms with van der Waals surface area (Å²) in [5.74, 6) is -2.26. The highest BCUT2D eigenvalue weighted by Crippen LogP contribution is 2.33. The van der Waals surface area contributed by atoms with Crippen LogP contribution in [0, 0.1) is 11.6 Å². The number of hydrogen-bond donors (Lipinski definition) is 1. The fourth-order valence-electron chi connectivity index (χ4n) is 3.07. The maximum absolute atomic E-state index is 14.3. The highest BCUT2D eigenvalue weighted by Gasteiger charge is 2.37. The van der Waals surface area contributed by atoms with Crippen LogP contribution in [-0.2, 0) is 16.0 Å². The number of amides is 2. The van der Waals surface area contributed by atoms with Crippen molar-refractivity contribution in [3.63, 3.8) is 0 Å². The Morgan fingerprint density at radius 3 is 2.74 bits per heavy atom. The molecule has 0 aliphatic carbocycles. The van der Waals surface area contributed by atoms with E-state index in [9.17, 15) is 18.4 Å². The molecule has 0 spiro atoms. The van der Waals surface area contributed by atoms with Gasteiger partial charge in [-0.3, -0.25) is 4.90 Å². The van der Waals surface area contributed by atoms with Crippen LogP contribution in [-0.4, -0.2) is 30.6 Å². The Labute approximate surface area is 159 Å². The highest BCUT2D eigenvalue weighted by molar-refractivity contribution is 7.09. The van der Waals surface area contributed by atoms with Crippen molar-refractivity contribution >= 4 is 23.3 Å². The van der Waals surface area contributed by atoms with Crippen LogP contribution in [0.15, 0.2) is 47.0 Å². The van der Waals surface area contributed by atoms with E-state index in [0.717, 1.165) is 17.0 Å². The Morgan fingerprint density at radius 2 is 2.11 bits per heavy atom. The number of thiophene rings is 1. The van der Waals surface area contributed by atoms with Crippen LogP contribution in [0.25, 0.3) is 0 Å². The molecular formula is C19H18F2N2O3S. The smallest absolute Gasteiger partial charge is 0.337 e. The number of nitrogens with zero attached hydrogens (tertiary/aromatic N) is 1. The molecule has 27 heavy (non-hydrogen) atoms. The summed E-state index contributed by atoms with van der Waals surface area (Å²) in [6.45, 7) is 1.98. The number of allylic oxidation sites excluding steroid dienone is 1. The zero-order chi connectivity index (χ0) is 19.6. The summed E-state index contributed by atoms with van der Waals surface area (Å²) in [7, 11) is 1.22. The summed E-state index contributed by atoms with van der Waals surface area (Å²) in [4.78, 5) is 27.5. The molecule has 1 aliphatic heterocycles. The summed E-state index contributed by atoms with van der Waals surface area (Å²) in [5.41, 5.74) is 0.507. The molecule has 0 bridgehead atoms. The van der Waals surface area contributed by atoms with Gasteiger partial charge in [0.05, 0.1) is 18.7 Å². The van der Waals surface area contributed by atoms with Gasteiger partial charge < -0.3 is 10.1 Å². The van der Waals surface area contributed by atoms with Gasteiger partial charge in [0.2, 0.25) is 0 Å². The molecule has 5 nitrogen and oxygen atoms in total. The molecule has 2 amide bonds. The quantitative estimate of drug-likeness (QED) is 0.788. The van der Waals surface area contributed by atoms with E-state index in [1.165, 1.54) is 18.1 Å². The largest absolute Gasteiger partial charge is 0.466 e. The van der Waals surface area contributed by atoms with Crippen LogP contribution < -0.4 is 5.32 Å². The van der Waals surface area contributed by atoms with Crippen LogP contribution in [0.3, 0.4) is 0 Å². The van der Waals surface area contributed by atoms with Crippen LogP contribution >= 0.6 is 11.3 Å². The molecule has 0 saturated carbocycles. The van der Waals surface area contributed by atoms with Crippen molar-refractivity contribution in [2.75, 3.05) is 13.7 Å². The van der Waals surface area contributed by atoms with E-state index in [1.54, 1.807) is 18.3 Å². The lowest BCUT2D eigenvalue weighted by Crippen LogP contribution is -2.48. The Kier molecular flexibility index (Phi) is 5.55. The number of methoxy groups -OCH3 is 1. The second-order valence-corrected chi connectivity index (χ2v) is 7.05. The summed E-state index contributed by atoms with van der Waals surface area (Å²) in [6.07, 6.45) is 0.618. The number of esters is 1. The summed E-state index contributed by atoms with van der Waals surface area (Å²) < 4.78 is 32.4. The second-order valence-electron chi connectivity index (χ2n) is 6.02. The molecule has 0 fully saturated rings. The van der Waals surface area contributed by atoms with Crippen molar-refractivity contribution in [1.82, 2.24) is 10.2 Å². The zero-order valence-electron chi connectivity index (χ0n) is 14.8. The first-order chi connectivity index (χ1) is 12.9. The molecule has 1 aromatic carbocycles. The monoisotopic (exact) mass is 392 g/mol. The molecule has 8 heteroatoms. The van der Waals surface area contributed by atoms with E-state index in [4.69, 9.17) is 4.74 Å². The zero-order valence-corrected chi connectivity index (χ0v) is 15.6. The third-order valence-electron chi connectivity index (χ3n) is 4.44. The van der Waals surface area contributed by atoms with Gasteiger partial charge >= 0.3 is 12.0 Å². The molecule has 2 aromatic rings. The third-order valence-corrected chi connectivity index (χ3v) is 5.37. The fraction of sp³-hybridized carbons (Fsp3) is 0.263. The van der Waals surface area contributed by atoms with Gasteiger partial charge in [0, 0.05) is 28.7 Å². The number of nitrogens with one attached hydrogen (secondary N) is 1. The lowest BCUT2D eigenvalue weighted by molar-refractivity contribution is -0.136. The number of carbonyl (C=O) groups excluding carboxylic acids is 2. The maximum Gasteiger partial charge on any atom is 0.337 e. The predicted octanol–water partition coefficient (Wildman–Crippen LogP) is 3.78. The van der Waals surface area contributed by atoms with Crippen molar-refractivity contribution in [1.29, 1.82) is 0 Å². The van der Waals surface area contributed by atoms with E-state index >= 15 is 0 Å². The molecule has 1 N–H and O–H groups in total. The maximum atomic E-state index is 14.3. The van der Waals surface area contributed by atoms with Crippen LogP contribution in [0.5, 0.6) is 0 Å². The first-order valence-corrected chi connectivity index (χ1v) is 9.14. The van der Waals surface area contributed by atoms with E-state index in [1.807, 2.05) is 17.5 Å². The minimum atomic E-state index is -1.05. The molecule has 1 aliphatic rings. The van der Waals surface area contributed by atoms with Crippen molar-refractivity contribution < 1.29 is 23.1 Å². The fourth-order valence-corrected chi connectivity index (χ4v) is 3.77. The van der Waals surface area contributed by atoms with E-state index in [2.05, 4.69) is 5.32 Å². The molecule has 1 aromatic heterocycles. The number of ether oxygens (including phenoxy) is 1. The summed E-state index contributed by atoms with van der Waals surface area (Å²) in [6, 6.07) is 5.39. The normalized spacial score (nSPS) is 17.1. The first kappa shape index (κ1) is 19.0. The van der Waals surface area contributed by atoms with Crippen molar-refractivity contribution in [2.24, 2.45) is 0 Å². The van der Waals surface area contributed by atoms with E-state index in [-0.39, 0.29) is 11.1 Å². The average Bonchev–Trinajstić information content (AvgIpc) is 3.14. The number of benzene rings is 1. The Morgan fingerprint density at radius 1 is 1.33 bits per heavy atom. The molecule has 0 saturated heterocycles.